The second kappa shape index (κ2) is 7.49. The number of thioether (sulfide) groups is 1. The highest BCUT2D eigenvalue weighted by atomic mass is 32.2. The minimum Gasteiger partial charge on any atom is -0.507 e. The molecule has 0 aliphatic heterocycles. The minimum atomic E-state index is -0.648. The van der Waals surface area contributed by atoms with Gasteiger partial charge in [0.15, 0.2) is 0 Å². The van der Waals surface area contributed by atoms with Crippen molar-refractivity contribution in [3.8, 4) is 0 Å². The number of hydrogen-bond donors (Lipinski definition) is 1. The zero-order chi connectivity index (χ0) is 19.7. The average Bonchev–Trinajstić information content (AvgIpc) is 2.73. The molecule has 0 spiro atoms. The van der Waals surface area contributed by atoms with E-state index in [1.54, 1.807) is 24.3 Å². The zero-order valence-corrected chi connectivity index (χ0v) is 16.1. The molecule has 4 heteroatoms. The number of aliphatic hydroxyl groups excluding tert-OH is 1. The molecule has 1 N–H and O–H groups in total. The monoisotopic (exact) mass is 386 g/mol. The van der Waals surface area contributed by atoms with Crippen LogP contribution in [-0.4, -0.2) is 16.7 Å². The van der Waals surface area contributed by atoms with Crippen LogP contribution in [-0.2, 0) is 4.79 Å². The number of aryl methyl sites for hydroxylation is 1. The van der Waals surface area contributed by atoms with Gasteiger partial charge in [-0.15, -0.1) is 11.8 Å². The summed E-state index contributed by atoms with van der Waals surface area (Å²) in [5.41, 5.74) is 2.80. The Bertz CT molecular complexity index is 1080. The number of carbonyl (C=O) groups excluding carboxylic acids is 2. The zero-order valence-electron chi connectivity index (χ0n) is 15.3. The molecule has 3 aromatic carbocycles. The Hall–Kier alpha value is -3.11. The van der Waals surface area contributed by atoms with Crippen molar-refractivity contribution in [1.82, 2.24) is 0 Å². The van der Waals surface area contributed by atoms with E-state index in [0.29, 0.717) is 5.56 Å². The molecule has 0 fully saturated rings. The molecule has 0 radical (unpaired) electrons. The predicted molar refractivity (Wildman–Crippen MR) is 112 cm³/mol. The molecule has 138 valence electrons. The lowest BCUT2D eigenvalue weighted by atomic mass is 9.85. The van der Waals surface area contributed by atoms with Crippen molar-refractivity contribution in [2.24, 2.45) is 0 Å². The van der Waals surface area contributed by atoms with Crippen molar-refractivity contribution < 1.29 is 14.7 Å². The summed E-state index contributed by atoms with van der Waals surface area (Å²) in [6.07, 6.45) is 0. The van der Waals surface area contributed by atoms with Gasteiger partial charge in [-0.1, -0.05) is 72.3 Å². The van der Waals surface area contributed by atoms with Crippen molar-refractivity contribution in [1.29, 1.82) is 0 Å². The second-order valence-corrected chi connectivity index (χ2v) is 7.87. The molecule has 1 unspecified atom stereocenters. The van der Waals surface area contributed by atoms with Crippen molar-refractivity contribution in [3.05, 3.63) is 107 Å². The molecule has 28 heavy (non-hydrogen) atoms. The molecule has 0 saturated heterocycles. The van der Waals surface area contributed by atoms with Gasteiger partial charge < -0.3 is 5.11 Å². The molecule has 4 rings (SSSR count). The van der Waals surface area contributed by atoms with E-state index in [1.807, 2.05) is 61.5 Å². The maximum atomic E-state index is 13.0. The minimum absolute atomic E-state index is 0.117. The quantitative estimate of drug-likeness (QED) is 0.471. The maximum absolute atomic E-state index is 13.0. The molecule has 3 aromatic rings. The van der Waals surface area contributed by atoms with Crippen LogP contribution < -0.4 is 0 Å². The van der Waals surface area contributed by atoms with E-state index in [1.165, 1.54) is 11.8 Å². The molecule has 0 saturated carbocycles. The van der Waals surface area contributed by atoms with Gasteiger partial charge >= 0.3 is 0 Å². The first-order valence-electron chi connectivity index (χ1n) is 8.96. The van der Waals surface area contributed by atoms with Crippen LogP contribution in [0.4, 0.5) is 0 Å². The Morgan fingerprint density at radius 1 is 0.750 bits per heavy atom. The summed E-state index contributed by atoms with van der Waals surface area (Å²) in [6.45, 7) is 2.01. The number of benzene rings is 3. The number of hydrogen-bond acceptors (Lipinski definition) is 4. The van der Waals surface area contributed by atoms with Crippen molar-refractivity contribution in [3.63, 3.8) is 0 Å². The Balaban J connectivity index is 1.87. The van der Waals surface area contributed by atoms with Crippen LogP contribution in [0.5, 0.6) is 0 Å². The molecule has 3 nitrogen and oxygen atoms in total. The Morgan fingerprint density at radius 2 is 1.36 bits per heavy atom. The highest BCUT2D eigenvalue weighted by Crippen LogP contribution is 2.45. The third-order valence-corrected chi connectivity index (χ3v) is 6.06. The average molecular weight is 386 g/mol. The fraction of sp³-hybridized carbons (Fsp3) is 0.0833. The lowest BCUT2D eigenvalue weighted by Gasteiger charge is -2.24. The third-order valence-electron chi connectivity index (χ3n) is 4.77. The Kier molecular flexibility index (Phi) is 4.88. The summed E-state index contributed by atoms with van der Waals surface area (Å²) in [5.74, 6) is -1.34. The summed E-state index contributed by atoms with van der Waals surface area (Å²) < 4.78 is 0. The molecule has 0 aromatic heterocycles. The van der Waals surface area contributed by atoms with E-state index >= 15 is 0 Å². The molecule has 0 bridgehead atoms. The number of fused-ring (bicyclic) bond motifs is 1. The van der Waals surface area contributed by atoms with Gasteiger partial charge in [0.2, 0.25) is 11.6 Å². The maximum Gasteiger partial charge on any atom is 0.234 e. The van der Waals surface area contributed by atoms with Crippen LogP contribution in [0.25, 0.3) is 5.76 Å². The van der Waals surface area contributed by atoms with Gasteiger partial charge in [0.25, 0.3) is 0 Å². The van der Waals surface area contributed by atoms with Gasteiger partial charge in [0, 0.05) is 16.0 Å². The topological polar surface area (TPSA) is 54.4 Å². The van der Waals surface area contributed by atoms with Gasteiger partial charge in [0.1, 0.15) is 5.76 Å². The normalized spacial score (nSPS) is 14.8. The van der Waals surface area contributed by atoms with E-state index in [9.17, 15) is 14.7 Å². The summed E-state index contributed by atoms with van der Waals surface area (Å²) in [7, 11) is 0. The van der Waals surface area contributed by atoms with Crippen LogP contribution in [0.2, 0.25) is 0 Å². The highest BCUT2D eigenvalue weighted by Gasteiger charge is 2.37. The Labute approximate surface area is 167 Å². The number of carbonyl (C=O) groups is 2. The molecule has 1 atom stereocenters. The molecule has 1 aliphatic carbocycles. The van der Waals surface area contributed by atoms with E-state index in [0.717, 1.165) is 16.0 Å². The fourth-order valence-electron chi connectivity index (χ4n) is 3.30. The van der Waals surface area contributed by atoms with E-state index in [2.05, 4.69) is 0 Å². The Morgan fingerprint density at radius 3 is 2.04 bits per heavy atom. The van der Waals surface area contributed by atoms with E-state index < -0.39 is 16.8 Å². The van der Waals surface area contributed by atoms with Crippen LogP contribution >= 0.6 is 11.8 Å². The van der Waals surface area contributed by atoms with E-state index in [4.69, 9.17) is 0 Å². The van der Waals surface area contributed by atoms with Crippen LogP contribution in [0.15, 0.2) is 89.3 Å². The predicted octanol–water partition coefficient (Wildman–Crippen LogP) is 5.56. The van der Waals surface area contributed by atoms with Gasteiger partial charge in [-0.05, 0) is 24.6 Å². The molecular formula is C24H18O3S. The largest absolute Gasteiger partial charge is 0.507 e. The first-order valence-corrected chi connectivity index (χ1v) is 9.84. The first kappa shape index (κ1) is 18.3. The summed E-state index contributed by atoms with van der Waals surface area (Å²) in [5, 5.41) is 10.5. The van der Waals surface area contributed by atoms with Gasteiger partial charge in [-0.3, -0.25) is 9.59 Å². The standard InChI is InChI=1S/C24H18O3S/c1-15-11-13-17(14-12-15)28-24(16-7-3-2-4-8-16)20-21(25)18-9-5-6-10-19(18)22(26)23(20)27/h2-14,24-25H,1H3. The van der Waals surface area contributed by atoms with Crippen molar-refractivity contribution >= 4 is 29.1 Å². The second-order valence-electron chi connectivity index (χ2n) is 6.69. The summed E-state index contributed by atoms with van der Waals surface area (Å²) >= 11 is 1.45. The number of Topliss-reactive ketones (excluding diaryl/α,β-unsaturated/α-hetero) is 2. The number of rotatable bonds is 4. The number of aliphatic hydroxyl groups is 1. The van der Waals surface area contributed by atoms with Crippen molar-refractivity contribution in [2.45, 2.75) is 17.1 Å². The SMILES string of the molecule is Cc1ccc(SC(C2=C(O)c3ccccc3C(=O)C2=O)c2ccccc2)cc1. The van der Waals surface area contributed by atoms with Crippen LogP contribution in [0, 0.1) is 6.92 Å². The molecular weight excluding hydrogens is 368 g/mol. The lowest BCUT2D eigenvalue weighted by molar-refractivity contribution is -0.112. The fourth-order valence-corrected chi connectivity index (χ4v) is 4.50. The molecule has 1 aliphatic rings. The molecule has 0 heterocycles. The van der Waals surface area contributed by atoms with Gasteiger partial charge in [-0.2, -0.15) is 0 Å². The third kappa shape index (κ3) is 3.27. The van der Waals surface area contributed by atoms with Gasteiger partial charge in [0.05, 0.1) is 10.8 Å². The highest BCUT2D eigenvalue weighted by molar-refractivity contribution is 7.99. The number of ketones is 2. The first-order chi connectivity index (χ1) is 13.6. The van der Waals surface area contributed by atoms with Crippen LogP contribution in [0.1, 0.15) is 32.3 Å². The summed E-state index contributed by atoms with van der Waals surface area (Å²) in [4.78, 5) is 26.6. The lowest BCUT2D eigenvalue weighted by Crippen LogP contribution is -2.26. The van der Waals surface area contributed by atoms with E-state index in [-0.39, 0.29) is 16.9 Å². The smallest absolute Gasteiger partial charge is 0.234 e. The molecule has 0 amide bonds. The van der Waals surface area contributed by atoms with Crippen molar-refractivity contribution in [2.75, 3.05) is 0 Å². The summed E-state index contributed by atoms with van der Waals surface area (Å²) in [6, 6.07) is 24.1. The van der Waals surface area contributed by atoms with Gasteiger partial charge in [-0.25, -0.2) is 0 Å². The van der Waals surface area contributed by atoms with Crippen LogP contribution in [0.3, 0.4) is 0 Å².